The van der Waals surface area contributed by atoms with Gasteiger partial charge in [0.25, 0.3) is 0 Å². The summed E-state index contributed by atoms with van der Waals surface area (Å²) >= 11 is 0. The maximum Gasteiger partial charge on any atom is 0.243 e. The fourth-order valence-corrected chi connectivity index (χ4v) is 4.38. The third-order valence-corrected chi connectivity index (χ3v) is 6.23. The second-order valence-electron chi connectivity index (χ2n) is 5.73. The number of fused-ring (bicyclic) bond motifs is 1. The monoisotopic (exact) mass is 295 g/mol. The molecule has 0 aromatic heterocycles. The molecule has 2 aliphatic rings. The molecule has 0 amide bonds. The predicted octanol–water partition coefficient (Wildman–Crippen LogP) is 0.614. The van der Waals surface area contributed by atoms with Crippen LogP contribution in [0, 0.1) is 0 Å². The van der Waals surface area contributed by atoms with Crippen molar-refractivity contribution >= 4 is 10.0 Å². The molecular formula is C14H21N3O2S. The largest absolute Gasteiger partial charge is 0.309 e. The van der Waals surface area contributed by atoms with Gasteiger partial charge in [0.05, 0.1) is 4.90 Å². The molecule has 1 atom stereocenters. The van der Waals surface area contributed by atoms with E-state index in [0.29, 0.717) is 18.0 Å². The zero-order valence-electron chi connectivity index (χ0n) is 12.0. The van der Waals surface area contributed by atoms with Gasteiger partial charge in [0.1, 0.15) is 0 Å². The highest BCUT2D eigenvalue weighted by atomic mass is 32.2. The maximum atomic E-state index is 12.7. The summed E-state index contributed by atoms with van der Waals surface area (Å²) in [4.78, 5) is 2.62. The summed E-state index contributed by atoms with van der Waals surface area (Å²) in [7, 11) is -1.32. The first-order chi connectivity index (χ1) is 9.48. The Morgan fingerprint density at radius 2 is 1.95 bits per heavy atom. The van der Waals surface area contributed by atoms with Gasteiger partial charge >= 0.3 is 0 Å². The predicted molar refractivity (Wildman–Crippen MR) is 77.8 cm³/mol. The van der Waals surface area contributed by atoms with Crippen LogP contribution in [0.25, 0.3) is 0 Å². The fraction of sp³-hybridized carbons (Fsp3) is 0.571. The van der Waals surface area contributed by atoms with Crippen molar-refractivity contribution < 1.29 is 8.42 Å². The van der Waals surface area contributed by atoms with Crippen molar-refractivity contribution in [1.82, 2.24) is 14.5 Å². The summed E-state index contributed by atoms with van der Waals surface area (Å²) in [6.45, 7) is 5.58. The van der Waals surface area contributed by atoms with Crippen LogP contribution in [0.15, 0.2) is 23.1 Å². The van der Waals surface area contributed by atoms with E-state index in [-0.39, 0.29) is 6.04 Å². The van der Waals surface area contributed by atoms with Gasteiger partial charge in [-0.3, -0.25) is 0 Å². The minimum Gasteiger partial charge on any atom is -0.309 e. The summed E-state index contributed by atoms with van der Waals surface area (Å²) in [5, 5.41) is 3.24. The Morgan fingerprint density at radius 3 is 2.70 bits per heavy atom. The molecule has 2 aliphatic heterocycles. The lowest BCUT2D eigenvalue weighted by Gasteiger charge is -2.36. The molecule has 5 nitrogen and oxygen atoms in total. The summed E-state index contributed by atoms with van der Waals surface area (Å²) < 4.78 is 27.1. The van der Waals surface area contributed by atoms with E-state index in [9.17, 15) is 8.42 Å². The standard InChI is InChI=1S/C14H21N3O2S/c1-11-10-17(6-5-16(11)2)20(18,19)14-4-3-12-8-15-9-13(12)7-14/h3-4,7,11,15H,5-6,8-10H2,1-2H3. The minimum atomic E-state index is -3.36. The second kappa shape index (κ2) is 5.11. The van der Waals surface area contributed by atoms with Gasteiger partial charge in [-0.25, -0.2) is 8.42 Å². The van der Waals surface area contributed by atoms with E-state index < -0.39 is 10.0 Å². The van der Waals surface area contributed by atoms with Gasteiger partial charge in [0, 0.05) is 38.8 Å². The third-order valence-electron chi connectivity index (χ3n) is 4.37. The molecule has 2 heterocycles. The van der Waals surface area contributed by atoms with Gasteiger partial charge in [-0.15, -0.1) is 0 Å². The molecular weight excluding hydrogens is 274 g/mol. The molecule has 1 fully saturated rings. The van der Waals surface area contributed by atoms with Crippen LogP contribution in [0.5, 0.6) is 0 Å². The Hall–Kier alpha value is -0.950. The summed E-state index contributed by atoms with van der Waals surface area (Å²) in [6.07, 6.45) is 0. The third kappa shape index (κ3) is 2.37. The Morgan fingerprint density at radius 1 is 1.20 bits per heavy atom. The molecule has 1 saturated heterocycles. The SMILES string of the molecule is CC1CN(S(=O)(=O)c2ccc3c(c2)CNC3)CCN1C. The van der Waals surface area contributed by atoms with E-state index in [1.54, 1.807) is 10.4 Å². The average molecular weight is 295 g/mol. The lowest BCUT2D eigenvalue weighted by atomic mass is 10.1. The van der Waals surface area contributed by atoms with Gasteiger partial charge in [-0.05, 0) is 37.2 Å². The van der Waals surface area contributed by atoms with Crippen molar-refractivity contribution in [2.75, 3.05) is 26.7 Å². The first-order valence-corrected chi connectivity index (χ1v) is 8.45. The Kier molecular flexibility index (Phi) is 3.58. The molecule has 0 radical (unpaired) electrons. The number of nitrogens with one attached hydrogen (secondary N) is 1. The summed E-state index contributed by atoms with van der Waals surface area (Å²) in [5.74, 6) is 0. The van der Waals surface area contributed by atoms with Crippen LogP contribution in [-0.2, 0) is 23.1 Å². The molecule has 0 aliphatic carbocycles. The van der Waals surface area contributed by atoms with Gasteiger partial charge in [-0.1, -0.05) is 6.07 Å². The van der Waals surface area contributed by atoms with E-state index in [1.165, 1.54) is 5.56 Å². The molecule has 1 aromatic carbocycles. The van der Waals surface area contributed by atoms with E-state index in [2.05, 4.69) is 17.1 Å². The van der Waals surface area contributed by atoms with Gasteiger partial charge in [0.15, 0.2) is 0 Å². The molecule has 0 spiro atoms. The Labute approximate surface area is 120 Å². The number of nitrogens with zero attached hydrogens (tertiary/aromatic N) is 2. The lowest BCUT2D eigenvalue weighted by molar-refractivity contribution is 0.159. The number of piperazine rings is 1. The molecule has 1 aromatic rings. The Balaban J connectivity index is 1.88. The molecule has 1 unspecified atom stereocenters. The average Bonchev–Trinajstić information content (AvgIpc) is 2.89. The molecule has 0 saturated carbocycles. The number of benzene rings is 1. The molecule has 6 heteroatoms. The van der Waals surface area contributed by atoms with Crippen molar-refractivity contribution in [1.29, 1.82) is 0 Å². The summed E-state index contributed by atoms with van der Waals surface area (Å²) in [5.41, 5.74) is 2.31. The van der Waals surface area contributed by atoms with E-state index >= 15 is 0 Å². The highest BCUT2D eigenvalue weighted by molar-refractivity contribution is 7.89. The highest BCUT2D eigenvalue weighted by Crippen LogP contribution is 2.24. The van der Waals surface area contributed by atoms with E-state index in [0.717, 1.165) is 25.2 Å². The van der Waals surface area contributed by atoms with Crippen molar-refractivity contribution in [3.63, 3.8) is 0 Å². The van der Waals surface area contributed by atoms with Gasteiger partial charge < -0.3 is 10.2 Å². The van der Waals surface area contributed by atoms with Gasteiger partial charge in [0.2, 0.25) is 10.0 Å². The van der Waals surface area contributed by atoms with Crippen LogP contribution < -0.4 is 5.32 Å². The van der Waals surface area contributed by atoms with Crippen LogP contribution >= 0.6 is 0 Å². The smallest absolute Gasteiger partial charge is 0.243 e. The molecule has 110 valence electrons. The number of hydrogen-bond donors (Lipinski definition) is 1. The molecule has 3 rings (SSSR count). The first-order valence-electron chi connectivity index (χ1n) is 7.01. The Bertz CT molecular complexity index is 615. The molecule has 0 bridgehead atoms. The zero-order chi connectivity index (χ0) is 14.3. The number of hydrogen-bond acceptors (Lipinski definition) is 4. The van der Waals surface area contributed by atoms with Crippen LogP contribution in [0.4, 0.5) is 0 Å². The van der Waals surface area contributed by atoms with E-state index in [1.807, 2.05) is 19.2 Å². The minimum absolute atomic E-state index is 0.259. The van der Waals surface area contributed by atoms with Crippen LogP contribution in [-0.4, -0.2) is 50.3 Å². The topological polar surface area (TPSA) is 52.7 Å². The maximum absolute atomic E-state index is 12.7. The number of rotatable bonds is 2. The fourth-order valence-electron chi connectivity index (χ4n) is 2.81. The first kappa shape index (κ1) is 14.0. The van der Waals surface area contributed by atoms with E-state index in [4.69, 9.17) is 0 Å². The van der Waals surface area contributed by atoms with Crippen molar-refractivity contribution in [2.24, 2.45) is 0 Å². The van der Waals surface area contributed by atoms with Crippen LogP contribution in [0.1, 0.15) is 18.1 Å². The van der Waals surface area contributed by atoms with Crippen LogP contribution in [0.3, 0.4) is 0 Å². The number of sulfonamides is 1. The lowest BCUT2D eigenvalue weighted by Crippen LogP contribution is -2.51. The highest BCUT2D eigenvalue weighted by Gasteiger charge is 2.31. The van der Waals surface area contributed by atoms with Crippen molar-refractivity contribution in [3.05, 3.63) is 29.3 Å². The van der Waals surface area contributed by atoms with Gasteiger partial charge in [-0.2, -0.15) is 4.31 Å². The second-order valence-corrected chi connectivity index (χ2v) is 7.66. The van der Waals surface area contributed by atoms with Crippen LogP contribution in [0.2, 0.25) is 0 Å². The normalized spacial score (nSPS) is 24.8. The molecule has 1 N–H and O–H groups in total. The van der Waals surface area contributed by atoms with Crippen molar-refractivity contribution in [2.45, 2.75) is 31.0 Å². The molecule has 20 heavy (non-hydrogen) atoms. The number of likely N-dealkylation sites (N-methyl/N-ethyl adjacent to an activating group) is 1. The van der Waals surface area contributed by atoms with Crippen molar-refractivity contribution in [3.8, 4) is 0 Å². The summed E-state index contributed by atoms with van der Waals surface area (Å²) in [6, 6.07) is 5.76. The zero-order valence-corrected chi connectivity index (χ0v) is 12.8. The quantitative estimate of drug-likeness (QED) is 0.869.